The van der Waals surface area contributed by atoms with Crippen LogP contribution in [-0.4, -0.2) is 45.1 Å². The zero-order chi connectivity index (χ0) is 22.6. The van der Waals surface area contributed by atoms with Gasteiger partial charge in [-0.05, 0) is 30.7 Å². The maximum atomic E-state index is 12.9. The number of ether oxygens (including phenoxy) is 1. The van der Waals surface area contributed by atoms with Crippen LogP contribution >= 0.6 is 11.6 Å². The van der Waals surface area contributed by atoms with Crippen LogP contribution in [0.3, 0.4) is 0 Å². The molecule has 0 saturated heterocycles. The van der Waals surface area contributed by atoms with Crippen molar-refractivity contribution in [3.8, 4) is 5.88 Å². The number of rotatable bonds is 7. The number of alkyl halides is 3. The second-order valence-electron chi connectivity index (χ2n) is 6.69. The van der Waals surface area contributed by atoms with E-state index in [9.17, 15) is 22.8 Å². The highest BCUT2D eigenvalue weighted by Crippen LogP contribution is 2.18. The van der Waals surface area contributed by atoms with Gasteiger partial charge in [0, 0.05) is 23.8 Å². The average Bonchev–Trinajstić information content (AvgIpc) is 2.71. The van der Waals surface area contributed by atoms with Gasteiger partial charge in [0.1, 0.15) is 5.82 Å². The SMILES string of the molecule is CCCN(Cc1nc2cc(Cl)ccc2c(=O)[nH]1)C(=O)c1ccc(OCC(F)(F)F)nc1. The van der Waals surface area contributed by atoms with Crippen LogP contribution in [0.5, 0.6) is 5.88 Å². The fraction of sp³-hybridized carbons (Fsp3) is 0.300. The molecule has 31 heavy (non-hydrogen) atoms. The minimum atomic E-state index is -4.48. The second-order valence-corrected chi connectivity index (χ2v) is 7.13. The molecule has 0 fully saturated rings. The molecule has 1 aromatic carbocycles. The molecule has 1 amide bonds. The number of halogens is 4. The van der Waals surface area contributed by atoms with E-state index < -0.39 is 18.7 Å². The Labute approximate surface area is 179 Å². The van der Waals surface area contributed by atoms with Gasteiger partial charge < -0.3 is 14.6 Å². The lowest BCUT2D eigenvalue weighted by molar-refractivity contribution is -0.154. The van der Waals surface area contributed by atoms with Crippen LogP contribution in [0, 0.1) is 0 Å². The molecule has 1 N–H and O–H groups in total. The molecule has 164 valence electrons. The van der Waals surface area contributed by atoms with E-state index in [1.54, 1.807) is 18.2 Å². The number of hydrogen-bond donors (Lipinski definition) is 1. The quantitative estimate of drug-likeness (QED) is 0.583. The first kappa shape index (κ1) is 22.5. The standard InChI is InChI=1S/C20H18ClF3N4O3/c1-2-7-28(10-16-26-15-8-13(21)4-5-14(15)18(29)27-16)19(30)12-3-6-17(25-9-12)31-11-20(22,23)24/h3-6,8-9H,2,7,10-11H2,1H3,(H,26,27,29). The molecule has 0 saturated carbocycles. The van der Waals surface area contributed by atoms with Crippen molar-refractivity contribution in [1.82, 2.24) is 19.9 Å². The normalized spacial score (nSPS) is 11.5. The molecule has 0 radical (unpaired) electrons. The van der Waals surface area contributed by atoms with Crippen LogP contribution in [0.25, 0.3) is 10.9 Å². The molecule has 0 bridgehead atoms. The number of H-pyrrole nitrogens is 1. The predicted molar refractivity (Wildman–Crippen MR) is 108 cm³/mol. The van der Waals surface area contributed by atoms with Crippen LogP contribution in [-0.2, 0) is 6.54 Å². The summed E-state index contributed by atoms with van der Waals surface area (Å²) in [5, 5.41) is 0.803. The third-order valence-electron chi connectivity index (χ3n) is 4.21. The Hall–Kier alpha value is -3.14. The zero-order valence-corrected chi connectivity index (χ0v) is 17.1. The number of carbonyl (C=O) groups is 1. The van der Waals surface area contributed by atoms with Crippen molar-refractivity contribution in [3.63, 3.8) is 0 Å². The molecule has 2 aromatic heterocycles. The highest BCUT2D eigenvalue weighted by molar-refractivity contribution is 6.31. The summed E-state index contributed by atoms with van der Waals surface area (Å²) in [7, 11) is 0. The maximum Gasteiger partial charge on any atom is 0.422 e. The molecular weight excluding hydrogens is 437 g/mol. The first-order chi connectivity index (χ1) is 14.7. The first-order valence-electron chi connectivity index (χ1n) is 9.29. The van der Waals surface area contributed by atoms with Crippen LogP contribution in [0.15, 0.2) is 41.3 Å². The third-order valence-corrected chi connectivity index (χ3v) is 4.44. The van der Waals surface area contributed by atoms with E-state index in [2.05, 4.69) is 19.7 Å². The number of pyridine rings is 1. The number of fused-ring (bicyclic) bond motifs is 1. The Balaban J connectivity index is 1.79. The van der Waals surface area contributed by atoms with Gasteiger partial charge in [0.2, 0.25) is 5.88 Å². The van der Waals surface area contributed by atoms with Crippen molar-refractivity contribution in [2.45, 2.75) is 26.1 Å². The van der Waals surface area contributed by atoms with Gasteiger partial charge in [-0.2, -0.15) is 13.2 Å². The largest absolute Gasteiger partial charge is 0.468 e. The summed E-state index contributed by atoms with van der Waals surface area (Å²) >= 11 is 5.97. The van der Waals surface area contributed by atoms with Crippen molar-refractivity contribution in [1.29, 1.82) is 0 Å². The predicted octanol–water partition coefficient (Wildman–Crippen LogP) is 3.97. The summed E-state index contributed by atoms with van der Waals surface area (Å²) in [6, 6.07) is 7.24. The Morgan fingerprint density at radius 3 is 2.68 bits per heavy atom. The van der Waals surface area contributed by atoms with Crippen LogP contribution in [0.2, 0.25) is 5.02 Å². The van der Waals surface area contributed by atoms with Gasteiger partial charge in [0.15, 0.2) is 6.61 Å². The molecule has 2 heterocycles. The lowest BCUT2D eigenvalue weighted by atomic mass is 10.2. The summed E-state index contributed by atoms with van der Waals surface area (Å²) in [6.07, 6.45) is -2.70. The summed E-state index contributed by atoms with van der Waals surface area (Å²) in [5.74, 6) is -0.376. The van der Waals surface area contributed by atoms with Crippen LogP contribution < -0.4 is 10.3 Å². The third kappa shape index (κ3) is 5.94. The first-order valence-corrected chi connectivity index (χ1v) is 9.67. The highest BCUT2D eigenvalue weighted by Gasteiger charge is 2.28. The number of amides is 1. The fourth-order valence-corrected chi connectivity index (χ4v) is 3.04. The van der Waals surface area contributed by atoms with Gasteiger partial charge >= 0.3 is 6.18 Å². The van der Waals surface area contributed by atoms with Gasteiger partial charge in [-0.3, -0.25) is 9.59 Å². The lowest BCUT2D eigenvalue weighted by Gasteiger charge is -2.21. The zero-order valence-electron chi connectivity index (χ0n) is 16.4. The van der Waals surface area contributed by atoms with Crippen LogP contribution in [0.1, 0.15) is 29.5 Å². The van der Waals surface area contributed by atoms with Crippen LogP contribution in [0.4, 0.5) is 13.2 Å². The Bertz CT molecular complexity index is 1130. The molecule has 3 aromatic rings. The summed E-state index contributed by atoms with van der Waals surface area (Å²) < 4.78 is 41.3. The number of hydrogen-bond acceptors (Lipinski definition) is 5. The highest BCUT2D eigenvalue weighted by atomic mass is 35.5. The second kappa shape index (κ2) is 9.34. The molecule has 0 spiro atoms. The van der Waals surface area contributed by atoms with E-state index in [4.69, 9.17) is 11.6 Å². The van der Waals surface area contributed by atoms with E-state index in [1.807, 2.05) is 6.92 Å². The van der Waals surface area contributed by atoms with Gasteiger partial charge in [0.05, 0.1) is 23.0 Å². The number of aromatic nitrogens is 3. The van der Waals surface area contributed by atoms with Crippen molar-refractivity contribution in [3.05, 3.63) is 63.3 Å². The molecule has 0 aliphatic heterocycles. The monoisotopic (exact) mass is 454 g/mol. The summed E-state index contributed by atoms with van der Waals surface area (Å²) in [4.78, 5) is 37.5. The molecule has 0 atom stereocenters. The molecule has 0 unspecified atom stereocenters. The lowest BCUT2D eigenvalue weighted by Crippen LogP contribution is -2.33. The fourth-order valence-electron chi connectivity index (χ4n) is 2.87. The van der Waals surface area contributed by atoms with E-state index in [0.29, 0.717) is 28.9 Å². The van der Waals surface area contributed by atoms with Gasteiger partial charge in [-0.1, -0.05) is 18.5 Å². The molecular formula is C20H18ClF3N4O3. The van der Waals surface area contributed by atoms with Crippen molar-refractivity contribution in [2.24, 2.45) is 0 Å². The number of nitrogens with one attached hydrogen (secondary N) is 1. The van der Waals surface area contributed by atoms with E-state index in [1.165, 1.54) is 17.0 Å². The van der Waals surface area contributed by atoms with E-state index in [0.717, 1.165) is 6.20 Å². The molecule has 7 nitrogen and oxygen atoms in total. The molecule has 0 aliphatic rings. The topological polar surface area (TPSA) is 88.2 Å². The minimum Gasteiger partial charge on any atom is -0.468 e. The molecule has 3 rings (SSSR count). The Morgan fingerprint density at radius 1 is 1.26 bits per heavy atom. The number of carbonyl (C=O) groups excluding carboxylic acids is 1. The smallest absolute Gasteiger partial charge is 0.422 e. The minimum absolute atomic E-state index is 0.0245. The van der Waals surface area contributed by atoms with Gasteiger partial charge in [-0.25, -0.2) is 9.97 Å². The summed E-state index contributed by atoms with van der Waals surface area (Å²) in [6.45, 7) is 0.794. The van der Waals surface area contributed by atoms with Crippen molar-refractivity contribution in [2.75, 3.05) is 13.2 Å². The number of aromatic amines is 1. The van der Waals surface area contributed by atoms with Gasteiger partial charge in [0.25, 0.3) is 11.5 Å². The molecule has 0 aliphatic carbocycles. The maximum absolute atomic E-state index is 12.9. The number of benzene rings is 1. The van der Waals surface area contributed by atoms with E-state index >= 15 is 0 Å². The number of nitrogens with zero attached hydrogens (tertiary/aromatic N) is 3. The van der Waals surface area contributed by atoms with Crippen molar-refractivity contribution < 1.29 is 22.7 Å². The van der Waals surface area contributed by atoms with Gasteiger partial charge in [-0.15, -0.1) is 0 Å². The average molecular weight is 455 g/mol. The molecule has 11 heteroatoms. The Morgan fingerprint density at radius 2 is 2.03 bits per heavy atom. The Kier molecular flexibility index (Phi) is 6.79. The summed E-state index contributed by atoms with van der Waals surface area (Å²) in [5.41, 5.74) is 0.218. The van der Waals surface area contributed by atoms with Crippen molar-refractivity contribution >= 4 is 28.4 Å². The van der Waals surface area contributed by atoms with E-state index in [-0.39, 0.29) is 29.4 Å².